The Morgan fingerprint density at radius 1 is 1.27 bits per heavy atom. The number of nitrogens with one attached hydrogen (secondary N) is 2. The monoisotopic (exact) mass is 370 g/mol. The lowest BCUT2D eigenvalue weighted by Crippen LogP contribution is -2.44. The van der Waals surface area contributed by atoms with Crippen molar-refractivity contribution < 1.29 is 18.3 Å². The van der Waals surface area contributed by atoms with Crippen LogP contribution in [0.25, 0.3) is 0 Å². The fourth-order valence-electron chi connectivity index (χ4n) is 2.98. The summed E-state index contributed by atoms with van der Waals surface area (Å²) in [5.74, 6) is 1.98. The second kappa shape index (κ2) is 10.2. The van der Waals surface area contributed by atoms with Crippen LogP contribution in [-0.4, -0.2) is 63.7 Å². The first-order valence-corrected chi connectivity index (χ1v) is 8.81. The number of nitrogens with zero attached hydrogens (tertiary/aromatic N) is 2. The van der Waals surface area contributed by atoms with Crippen LogP contribution in [0.1, 0.15) is 18.9 Å². The van der Waals surface area contributed by atoms with Gasteiger partial charge in [-0.25, -0.2) is 13.8 Å². The van der Waals surface area contributed by atoms with Gasteiger partial charge in [-0.1, -0.05) is 0 Å². The molecule has 0 radical (unpaired) electrons. The van der Waals surface area contributed by atoms with Gasteiger partial charge in [0.05, 0.1) is 14.2 Å². The van der Waals surface area contributed by atoms with Crippen molar-refractivity contribution in [2.75, 3.05) is 40.4 Å². The summed E-state index contributed by atoms with van der Waals surface area (Å²) in [6.45, 7) is 4.57. The van der Waals surface area contributed by atoms with Crippen LogP contribution >= 0.6 is 0 Å². The van der Waals surface area contributed by atoms with Gasteiger partial charge in [0.1, 0.15) is 18.0 Å². The highest BCUT2D eigenvalue weighted by molar-refractivity contribution is 5.80. The van der Waals surface area contributed by atoms with E-state index in [4.69, 9.17) is 9.47 Å². The van der Waals surface area contributed by atoms with Crippen molar-refractivity contribution in [3.63, 3.8) is 0 Å². The molecule has 1 fully saturated rings. The number of benzene rings is 1. The average molecular weight is 370 g/mol. The predicted molar refractivity (Wildman–Crippen MR) is 98.3 cm³/mol. The minimum Gasteiger partial charge on any atom is -0.497 e. The summed E-state index contributed by atoms with van der Waals surface area (Å²) in [5, 5.41) is 6.26. The Balaban J connectivity index is 1.92. The summed E-state index contributed by atoms with van der Waals surface area (Å²) in [4.78, 5) is 6.23. The minimum atomic E-state index is -2.44. The van der Waals surface area contributed by atoms with Gasteiger partial charge in [-0.05, 0) is 31.0 Å². The Kier molecular flexibility index (Phi) is 7.90. The molecule has 0 spiro atoms. The summed E-state index contributed by atoms with van der Waals surface area (Å²) in [6.07, 6.45) is -1.51. The van der Waals surface area contributed by atoms with Gasteiger partial charge in [-0.2, -0.15) is 0 Å². The van der Waals surface area contributed by atoms with Crippen LogP contribution in [0.5, 0.6) is 11.5 Å². The molecule has 1 atom stereocenters. The maximum absolute atomic E-state index is 12.4. The second-order valence-corrected chi connectivity index (χ2v) is 6.20. The smallest absolute Gasteiger partial charge is 0.257 e. The van der Waals surface area contributed by atoms with E-state index in [1.54, 1.807) is 14.2 Å². The molecule has 1 heterocycles. The van der Waals surface area contributed by atoms with Gasteiger partial charge < -0.3 is 20.1 Å². The van der Waals surface area contributed by atoms with Crippen molar-refractivity contribution in [3.8, 4) is 11.5 Å². The van der Waals surface area contributed by atoms with E-state index < -0.39 is 13.0 Å². The number of alkyl halides is 2. The van der Waals surface area contributed by atoms with Gasteiger partial charge >= 0.3 is 0 Å². The lowest BCUT2D eigenvalue weighted by Gasteiger charge is -2.19. The highest BCUT2D eigenvalue weighted by Gasteiger charge is 2.23. The van der Waals surface area contributed by atoms with E-state index in [0.29, 0.717) is 12.5 Å². The molecule has 1 saturated heterocycles. The maximum atomic E-state index is 12.4. The molecule has 26 heavy (non-hydrogen) atoms. The lowest BCUT2D eigenvalue weighted by atomic mass is 10.2. The number of likely N-dealkylation sites (tertiary alicyclic amines) is 1. The molecule has 1 unspecified atom stereocenters. The lowest BCUT2D eigenvalue weighted by molar-refractivity contribution is 0.158. The third-order valence-electron chi connectivity index (χ3n) is 4.16. The fourth-order valence-corrected chi connectivity index (χ4v) is 2.98. The SMILES string of the molecule is CCNC(=NCC(F)F)NC1CCN(Cc2cc(OC)cc(OC)c2)C1. The molecular weight excluding hydrogens is 342 g/mol. The van der Waals surface area contributed by atoms with Crippen LogP contribution in [0.2, 0.25) is 0 Å². The molecule has 1 aromatic rings. The molecule has 2 N–H and O–H groups in total. The highest BCUT2D eigenvalue weighted by atomic mass is 19.3. The zero-order chi connectivity index (χ0) is 18.9. The fraction of sp³-hybridized carbons (Fsp3) is 0.611. The van der Waals surface area contributed by atoms with E-state index in [-0.39, 0.29) is 6.04 Å². The van der Waals surface area contributed by atoms with Crippen molar-refractivity contribution in [1.29, 1.82) is 0 Å². The molecule has 1 aliphatic heterocycles. The third-order valence-corrected chi connectivity index (χ3v) is 4.16. The molecule has 0 aromatic heterocycles. The normalized spacial score (nSPS) is 18.2. The van der Waals surface area contributed by atoms with E-state index in [1.807, 2.05) is 25.1 Å². The number of guanidine groups is 1. The Morgan fingerprint density at radius 3 is 2.54 bits per heavy atom. The number of halogens is 2. The Labute approximate surface area is 153 Å². The molecule has 0 saturated carbocycles. The Morgan fingerprint density at radius 2 is 1.96 bits per heavy atom. The highest BCUT2D eigenvalue weighted by Crippen LogP contribution is 2.24. The molecular formula is C18H28F2N4O2. The number of ether oxygens (including phenoxy) is 2. The molecule has 6 nitrogen and oxygen atoms in total. The number of hydrogen-bond donors (Lipinski definition) is 2. The summed E-state index contributed by atoms with van der Waals surface area (Å²) in [6, 6.07) is 6.02. The largest absolute Gasteiger partial charge is 0.497 e. The van der Waals surface area contributed by atoms with Crippen LogP contribution in [0.15, 0.2) is 23.2 Å². The second-order valence-electron chi connectivity index (χ2n) is 6.20. The number of methoxy groups -OCH3 is 2. The zero-order valence-electron chi connectivity index (χ0n) is 15.6. The molecule has 8 heteroatoms. The summed E-state index contributed by atoms with van der Waals surface area (Å²) < 4.78 is 35.4. The zero-order valence-corrected chi connectivity index (χ0v) is 15.6. The molecule has 146 valence electrons. The van der Waals surface area contributed by atoms with Crippen molar-refractivity contribution in [1.82, 2.24) is 15.5 Å². The topological polar surface area (TPSA) is 58.1 Å². The third kappa shape index (κ3) is 6.33. The van der Waals surface area contributed by atoms with Gasteiger partial charge in [-0.3, -0.25) is 4.90 Å². The van der Waals surface area contributed by atoms with Crippen LogP contribution < -0.4 is 20.1 Å². The minimum absolute atomic E-state index is 0.179. The predicted octanol–water partition coefficient (Wildman–Crippen LogP) is 2.10. The summed E-state index contributed by atoms with van der Waals surface area (Å²) in [5.41, 5.74) is 1.11. The van der Waals surface area contributed by atoms with Crippen molar-refractivity contribution >= 4 is 5.96 Å². The Hall–Kier alpha value is -2.09. The molecule has 0 aliphatic carbocycles. The first-order valence-electron chi connectivity index (χ1n) is 8.81. The number of aliphatic imine (C=N–C) groups is 1. The molecule has 2 rings (SSSR count). The Bertz CT molecular complexity index is 576. The molecule has 1 aliphatic rings. The van der Waals surface area contributed by atoms with Gasteiger partial charge in [-0.15, -0.1) is 0 Å². The van der Waals surface area contributed by atoms with Crippen molar-refractivity contribution in [3.05, 3.63) is 23.8 Å². The van der Waals surface area contributed by atoms with Crippen LogP contribution in [0.3, 0.4) is 0 Å². The molecule has 1 aromatic carbocycles. The van der Waals surface area contributed by atoms with Gasteiger partial charge in [0.15, 0.2) is 5.96 Å². The van der Waals surface area contributed by atoms with E-state index >= 15 is 0 Å². The van der Waals surface area contributed by atoms with E-state index in [1.165, 1.54) is 0 Å². The number of hydrogen-bond acceptors (Lipinski definition) is 4. The number of rotatable bonds is 8. The van der Waals surface area contributed by atoms with Crippen LogP contribution in [0, 0.1) is 0 Å². The van der Waals surface area contributed by atoms with Crippen LogP contribution in [0.4, 0.5) is 8.78 Å². The van der Waals surface area contributed by atoms with E-state index in [9.17, 15) is 8.78 Å². The van der Waals surface area contributed by atoms with E-state index in [0.717, 1.165) is 43.1 Å². The first kappa shape index (κ1) is 20.2. The quantitative estimate of drug-likeness (QED) is 0.542. The van der Waals surface area contributed by atoms with Gasteiger partial charge in [0, 0.05) is 38.3 Å². The van der Waals surface area contributed by atoms with Gasteiger partial charge in [0.2, 0.25) is 0 Å². The van der Waals surface area contributed by atoms with Gasteiger partial charge in [0.25, 0.3) is 6.43 Å². The van der Waals surface area contributed by atoms with Crippen molar-refractivity contribution in [2.45, 2.75) is 32.4 Å². The maximum Gasteiger partial charge on any atom is 0.257 e. The summed E-state index contributed by atoms with van der Waals surface area (Å²) in [7, 11) is 3.27. The van der Waals surface area contributed by atoms with Crippen molar-refractivity contribution in [2.24, 2.45) is 4.99 Å². The molecule has 0 amide bonds. The first-order chi connectivity index (χ1) is 12.5. The standard InChI is InChI=1S/C18H28F2N4O2/c1-4-21-18(22-10-17(19)20)23-14-5-6-24(12-14)11-13-7-15(25-2)9-16(8-13)26-3/h7-9,14,17H,4-6,10-12H2,1-3H3,(H2,21,22,23). The summed E-state index contributed by atoms with van der Waals surface area (Å²) >= 11 is 0. The van der Waals surface area contributed by atoms with E-state index in [2.05, 4.69) is 20.5 Å². The average Bonchev–Trinajstić information content (AvgIpc) is 3.06. The molecule has 0 bridgehead atoms. The van der Waals surface area contributed by atoms with Crippen LogP contribution in [-0.2, 0) is 6.54 Å².